The Kier molecular flexibility index (Phi) is 3.16. The molecule has 1 aromatic heterocycles. The first-order valence-corrected chi connectivity index (χ1v) is 6.06. The van der Waals surface area contributed by atoms with Gasteiger partial charge in [-0.3, -0.25) is 4.98 Å². The highest BCUT2D eigenvalue weighted by Gasteiger charge is 2.17. The molecule has 1 aromatic carbocycles. The van der Waals surface area contributed by atoms with Crippen molar-refractivity contribution in [2.75, 3.05) is 7.05 Å². The van der Waals surface area contributed by atoms with Crippen molar-refractivity contribution in [3.8, 4) is 0 Å². The number of pyridine rings is 1. The summed E-state index contributed by atoms with van der Waals surface area (Å²) < 4.78 is 0. The van der Waals surface area contributed by atoms with Crippen LogP contribution in [0.2, 0.25) is 0 Å². The highest BCUT2D eigenvalue weighted by atomic mass is 14.8. The summed E-state index contributed by atoms with van der Waals surface area (Å²) in [5.41, 5.74) is 3.65. The number of para-hydroxylation sites is 1. The van der Waals surface area contributed by atoms with Crippen LogP contribution < -0.4 is 5.32 Å². The monoisotopic (exact) mass is 228 g/mol. The molecular weight excluding hydrogens is 208 g/mol. The Hall–Kier alpha value is -1.41. The molecule has 2 aromatic rings. The Bertz CT molecular complexity index is 524. The molecule has 0 aliphatic carbocycles. The number of nitrogens with zero attached hydrogens (tertiary/aromatic N) is 1. The number of benzene rings is 1. The maximum absolute atomic E-state index is 4.76. The van der Waals surface area contributed by atoms with Crippen LogP contribution in [0, 0.1) is 0 Å². The van der Waals surface area contributed by atoms with E-state index in [4.69, 9.17) is 4.98 Å². The molecule has 0 amide bonds. The Morgan fingerprint density at radius 2 is 1.88 bits per heavy atom. The lowest BCUT2D eigenvalue weighted by molar-refractivity contribution is 0.570. The molecule has 0 bridgehead atoms. The van der Waals surface area contributed by atoms with Gasteiger partial charge in [0, 0.05) is 23.0 Å². The average Bonchev–Trinajstić information content (AvgIpc) is 2.28. The van der Waals surface area contributed by atoms with Crippen molar-refractivity contribution in [2.45, 2.75) is 32.7 Å². The van der Waals surface area contributed by atoms with E-state index in [9.17, 15) is 0 Å². The third-order valence-corrected chi connectivity index (χ3v) is 2.94. The van der Waals surface area contributed by atoms with Gasteiger partial charge in [-0.05, 0) is 24.7 Å². The molecule has 0 spiro atoms. The van der Waals surface area contributed by atoms with Gasteiger partial charge in [-0.15, -0.1) is 0 Å². The lowest BCUT2D eigenvalue weighted by Gasteiger charge is -2.20. The predicted molar refractivity (Wildman–Crippen MR) is 73.2 cm³/mol. The first kappa shape index (κ1) is 12.1. The molecule has 0 atom stereocenters. The fraction of sp³-hybridized carbons (Fsp3) is 0.400. The van der Waals surface area contributed by atoms with Gasteiger partial charge in [0.25, 0.3) is 0 Å². The zero-order valence-corrected chi connectivity index (χ0v) is 11.0. The SMILES string of the molecule is CNCc1cc(C(C)(C)C)nc2ccccc12. The predicted octanol–water partition coefficient (Wildman–Crippen LogP) is 3.25. The molecule has 2 heteroatoms. The van der Waals surface area contributed by atoms with Crippen molar-refractivity contribution in [3.63, 3.8) is 0 Å². The summed E-state index contributed by atoms with van der Waals surface area (Å²) in [6.07, 6.45) is 0. The third kappa shape index (κ3) is 2.47. The van der Waals surface area contributed by atoms with Gasteiger partial charge >= 0.3 is 0 Å². The molecule has 2 rings (SSSR count). The van der Waals surface area contributed by atoms with Crippen molar-refractivity contribution >= 4 is 10.9 Å². The van der Waals surface area contributed by atoms with Crippen LogP contribution in [0.3, 0.4) is 0 Å². The molecule has 1 N–H and O–H groups in total. The van der Waals surface area contributed by atoms with Gasteiger partial charge < -0.3 is 5.32 Å². The normalized spacial score (nSPS) is 12.0. The molecule has 0 saturated carbocycles. The van der Waals surface area contributed by atoms with E-state index in [1.807, 2.05) is 13.1 Å². The Morgan fingerprint density at radius 1 is 1.18 bits per heavy atom. The zero-order valence-electron chi connectivity index (χ0n) is 11.0. The van der Waals surface area contributed by atoms with E-state index < -0.39 is 0 Å². The van der Waals surface area contributed by atoms with Gasteiger partial charge in [0.05, 0.1) is 5.52 Å². The van der Waals surface area contributed by atoms with Crippen LogP contribution in [0.5, 0.6) is 0 Å². The zero-order chi connectivity index (χ0) is 12.5. The summed E-state index contributed by atoms with van der Waals surface area (Å²) in [5, 5.41) is 4.47. The van der Waals surface area contributed by atoms with Crippen molar-refractivity contribution < 1.29 is 0 Å². The van der Waals surface area contributed by atoms with Crippen LogP contribution >= 0.6 is 0 Å². The molecule has 2 nitrogen and oxygen atoms in total. The summed E-state index contributed by atoms with van der Waals surface area (Å²) in [5.74, 6) is 0. The number of aromatic nitrogens is 1. The van der Waals surface area contributed by atoms with Crippen molar-refractivity contribution in [3.05, 3.63) is 41.6 Å². The minimum atomic E-state index is 0.0898. The van der Waals surface area contributed by atoms with Crippen molar-refractivity contribution in [2.24, 2.45) is 0 Å². The average molecular weight is 228 g/mol. The van der Waals surface area contributed by atoms with Crippen LogP contribution in [0.25, 0.3) is 10.9 Å². The van der Waals surface area contributed by atoms with Gasteiger partial charge in [0.1, 0.15) is 0 Å². The van der Waals surface area contributed by atoms with Gasteiger partial charge in [0.2, 0.25) is 0 Å². The fourth-order valence-corrected chi connectivity index (χ4v) is 1.97. The smallest absolute Gasteiger partial charge is 0.0708 e. The standard InChI is InChI=1S/C15H20N2/c1-15(2,3)14-9-11(10-16-4)12-7-5-6-8-13(12)17-14/h5-9,16H,10H2,1-4H3. The molecule has 0 unspecified atom stereocenters. The van der Waals surface area contributed by atoms with Crippen LogP contribution in [0.15, 0.2) is 30.3 Å². The maximum Gasteiger partial charge on any atom is 0.0708 e. The summed E-state index contributed by atoms with van der Waals surface area (Å²) in [7, 11) is 1.98. The summed E-state index contributed by atoms with van der Waals surface area (Å²) >= 11 is 0. The molecule has 1 heterocycles. The van der Waals surface area contributed by atoms with E-state index in [2.05, 4.69) is 50.4 Å². The highest BCUT2D eigenvalue weighted by molar-refractivity contribution is 5.82. The molecule has 0 aliphatic rings. The second-order valence-electron chi connectivity index (χ2n) is 5.46. The van der Waals surface area contributed by atoms with E-state index in [1.54, 1.807) is 0 Å². The summed E-state index contributed by atoms with van der Waals surface area (Å²) in [4.78, 5) is 4.76. The molecule has 90 valence electrons. The number of rotatable bonds is 2. The molecular formula is C15H20N2. The molecule has 0 aliphatic heterocycles. The van der Waals surface area contributed by atoms with Crippen LogP contribution in [0.4, 0.5) is 0 Å². The number of hydrogen-bond acceptors (Lipinski definition) is 2. The number of hydrogen-bond donors (Lipinski definition) is 1. The summed E-state index contributed by atoms with van der Waals surface area (Å²) in [6, 6.07) is 10.6. The second-order valence-corrected chi connectivity index (χ2v) is 5.46. The second kappa shape index (κ2) is 4.46. The van der Waals surface area contributed by atoms with Crippen LogP contribution in [-0.4, -0.2) is 12.0 Å². The van der Waals surface area contributed by atoms with Gasteiger partial charge in [-0.25, -0.2) is 0 Å². The van der Waals surface area contributed by atoms with Gasteiger partial charge in [-0.2, -0.15) is 0 Å². The van der Waals surface area contributed by atoms with E-state index in [1.165, 1.54) is 10.9 Å². The van der Waals surface area contributed by atoms with E-state index in [0.717, 1.165) is 17.8 Å². The van der Waals surface area contributed by atoms with Crippen molar-refractivity contribution in [1.29, 1.82) is 0 Å². The molecule has 17 heavy (non-hydrogen) atoms. The highest BCUT2D eigenvalue weighted by Crippen LogP contribution is 2.25. The number of fused-ring (bicyclic) bond motifs is 1. The third-order valence-electron chi connectivity index (χ3n) is 2.94. The Balaban J connectivity index is 2.67. The lowest BCUT2D eigenvalue weighted by Crippen LogP contribution is -2.15. The molecule has 0 fully saturated rings. The lowest BCUT2D eigenvalue weighted by atomic mass is 9.90. The summed E-state index contributed by atoms with van der Waals surface area (Å²) in [6.45, 7) is 7.49. The molecule has 0 radical (unpaired) electrons. The minimum Gasteiger partial charge on any atom is -0.316 e. The van der Waals surface area contributed by atoms with Crippen molar-refractivity contribution in [1.82, 2.24) is 10.3 Å². The van der Waals surface area contributed by atoms with Crippen LogP contribution in [0.1, 0.15) is 32.0 Å². The Labute approximate surface area is 103 Å². The number of nitrogens with one attached hydrogen (secondary N) is 1. The Morgan fingerprint density at radius 3 is 2.53 bits per heavy atom. The quantitative estimate of drug-likeness (QED) is 0.853. The van der Waals surface area contributed by atoms with E-state index in [0.29, 0.717) is 0 Å². The topological polar surface area (TPSA) is 24.9 Å². The van der Waals surface area contributed by atoms with E-state index in [-0.39, 0.29) is 5.41 Å². The van der Waals surface area contributed by atoms with Crippen LogP contribution in [-0.2, 0) is 12.0 Å². The van der Waals surface area contributed by atoms with Gasteiger partial charge in [-0.1, -0.05) is 39.0 Å². The largest absolute Gasteiger partial charge is 0.316 e. The maximum atomic E-state index is 4.76. The fourth-order valence-electron chi connectivity index (χ4n) is 1.97. The minimum absolute atomic E-state index is 0.0898. The first-order valence-electron chi connectivity index (χ1n) is 6.06. The first-order chi connectivity index (χ1) is 8.02. The van der Waals surface area contributed by atoms with E-state index >= 15 is 0 Å². The molecule has 0 saturated heterocycles. The van der Waals surface area contributed by atoms with Gasteiger partial charge in [0.15, 0.2) is 0 Å².